The van der Waals surface area contributed by atoms with E-state index in [4.69, 9.17) is 14.6 Å². The van der Waals surface area contributed by atoms with E-state index in [2.05, 4.69) is 0 Å². The molecular weight excluding hydrogens is 271 g/mol. The van der Waals surface area contributed by atoms with Gasteiger partial charge < -0.3 is 19.9 Å². The van der Waals surface area contributed by atoms with E-state index < -0.39 is 29.7 Å². The number of halogens is 3. The lowest BCUT2D eigenvalue weighted by atomic mass is 9.85. The molecule has 1 saturated heterocycles. The summed E-state index contributed by atoms with van der Waals surface area (Å²) in [5.41, 5.74) is -1.40. The van der Waals surface area contributed by atoms with Gasteiger partial charge in [0.15, 0.2) is 6.04 Å². The van der Waals surface area contributed by atoms with Crippen molar-refractivity contribution in [3.05, 3.63) is 0 Å². The molecule has 0 aromatic carbocycles. The average molecular weight is 285 g/mol. The van der Waals surface area contributed by atoms with Gasteiger partial charge in [0.25, 0.3) is 0 Å². The van der Waals surface area contributed by atoms with Crippen molar-refractivity contribution >= 4 is 11.9 Å². The van der Waals surface area contributed by atoms with Crippen LogP contribution in [-0.2, 0) is 19.1 Å². The van der Waals surface area contributed by atoms with Crippen molar-refractivity contribution in [1.82, 2.24) is 5.32 Å². The second-order valence-electron chi connectivity index (χ2n) is 4.12. The molecule has 0 aliphatic carbocycles. The van der Waals surface area contributed by atoms with Gasteiger partial charge in [-0.25, -0.2) is 4.79 Å². The smallest absolute Gasteiger partial charge is 0.471 e. The molecule has 0 saturated carbocycles. The molecule has 0 bridgehead atoms. The monoisotopic (exact) mass is 285 g/mol. The Kier molecular flexibility index (Phi) is 4.75. The van der Waals surface area contributed by atoms with E-state index in [-0.39, 0.29) is 26.1 Å². The molecule has 0 aromatic heterocycles. The molecule has 0 aromatic rings. The van der Waals surface area contributed by atoms with Gasteiger partial charge in [-0.3, -0.25) is 4.79 Å². The van der Waals surface area contributed by atoms with Gasteiger partial charge in [-0.1, -0.05) is 0 Å². The first-order chi connectivity index (χ1) is 8.73. The van der Waals surface area contributed by atoms with Gasteiger partial charge in [-0.2, -0.15) is 13.2 Å². The van der Waals surface area contributed by atoms with E-state index in [1.165, 1.54) is 12.4 Å². The van der Waals surface area contributed by atoms with E-state index in [1.807, 2.05) is 0 Å². The van der Waals surface area contributed by atoms with Crippen LogP contribution in [0.5, 0.6) is 0 Å². The fraction of sp³-hybridized carbons (Fsp3) is 0.800. The molecule has 110 valence electrons. The van der Waals surface area contributed by atoms with E-state index in [0.29, 0.717) is 0 Å². The van der Waals surface area contributed by atoms with Crippen LogP contribution >= 0.6 is 0 Å². The molecule has 1 rings (SSSR count). The average Bonchev–Trinajstić information content (AvgIpc) is 2.34. The molecule has 9 heteroatoms. The zero-order valence-corrected chi connectivity index (χ0v) is 10.1. The number of carboxylic acid groups (broad SMARTS) is 1. The fourth-order valence-electron chi connectivity index (χ4n) is 1.96. The molecule has 2 N–H and O–H groups in total. The highest BCUT2D eigenvalue weighted by Gasteiger charge is 2.49. The summed E-state index contributed by atoms with van der Waals surface area (Å²) >= 11 is 0. The molecule has 1 heterocycles. The van der Waals surface area contributed by atoms with Gasteiger partial charge in [0.1, 0.15) is 5.60 Å². The summed E-state index contributed by atoms with van der Waals surface area (Å²) in [6, 6.07) is -1.78. The minimum absolute atomic E-state index is 0.0819. The van der Waals surface area contributed by atoms with Gasteiger partial charge in [0.05, 0.1) is 0 Å². The number of carbonyl (C=O) groups excluding carboxylic acids is 1. The summed E-state index contributed by atoms with van der Waals surface area (Å²) in [6.45, 7) is 0.305. The largest absolute Gasteiger partial charge is 0.480 e. The van der Waals surface area contributed by atoms with Gasteiger partial charge in [-0.05, 0) is 0 Å². The maximum absolute atomic E-state index is 12.2. The van der Waals surface area contributed by atoms with E-state index in [0.717, 1.165) is 0 Å². The second kappa shape index (κ2) is 5.74. The quantitative estimate of drug-likeness (QED) is 0.776. The zero-order chi connectivity index (χ0) is 14.7. The molecular formula is C10H14F3NO5. The van der Waals surface area contributed by atoms with Crippen molar-refractivity contribution in [3.8, 4) is 0 Å². The lowest BCUT2D eigenvalue weighted by Gasteiger charge is -2.40. The molecule has 1 atom stereocenters. The normalized spacial score (nSPS) is 20.6. The lowest BCUT2D eigenvalue weighted by molar-refractivity contribution is -0.182. The van der Waals surface area contributed by atoms with Crippen LogP contribution in [0.15, 0.2) is 0 Å². The van der Waals surface area contributed by atoms with Crippen molar-refractivity contribution in [3.63, 3.8) is 0 Å². The standard InChI is InChI=1S/C10H14F3NO5/c1-18-9(2-4-19-5-3-9)6(7(15)16)14-8(17)10(11,12)13/h6H,2-5H2,1H3,(H,14,17)(H,15,16). The van der Waals surface area contributed by atoms with E-state index >= 15 is 0 Å². The van der Waals surface area contributed by atoms with Gasteiger partial charge >= 0.3 is 18.1 Å². The Bertz CT molecular complexity index is 352. The Morgan fingerprint density at radius 3 is 2.26 bits per heavy atom. The molecule has 1 fully saturated rings. The van der Waals surface area contributed by atoms with Crippen molar-refractivity contribution < 1.29 is 37.3 Å². The van der Waals surface area contributed by atoms with E-state index in [9.17, 15) is 22.8 Å². The van der Waals surface area contributed by atoms with Gasteiger partial charge in [0.2, 0.25) is 0 Å². The first-order valence-electron chi connectivity index (χ1n) is 5.46. The number of nitrogens with one attached hydrogen (secondary N) is 1. The number of alkyl halides is 3. The number of rotatable bonds is 4. The first kappa shape index (κ1) is 15.7. The van der Waals surface area contributed by atoms with Crippen LogP contribution in [0.2, 0.25) is 0 Å². The third kappa shape index (κ3) is 3.57. The van der Waals surface area contributed by atoms with Crippen molar-refractivity contribution in [2.75, 3.05) is 20.3 Å². The molecule has 19 heavy (non-hydrogen) atoms. The summed E-state index contributed by atoms with van der Waals surface area (Å²) in [7, 11) is 1.20. The Balaban J connectivity index is 2.93. The summed E-state index contributed by atoms with van der Waals surface area (Å²) in [4.78, 5) is 22.0. The van der Waals surface area contributed by atoms with Crippen LogP contribution in [0.1, 0.15) is 12.8 Å². The van der Waals surface area contributed by atoms with Gasteiger partial charge in [0, 0.05) is 33.2 Å². The second-order valence-corrected chi connectivity index (χ2v) is 4.12. The van der Waals surface area contributed by atoms with Crippen LogP contribution in [0.4, 0.5) is 13.2 Å². The van der Waals surface area contributed by atoms with E-state index in [1.54, 1.807) is 0 Å². The Hall–Kier alpha value is -1.35. The Labute approximate surface area is 106 Å². The summed E-state index contributed by atoms with van der Waals surface area (Å²) in [6.07, 6.45) is -4.98. The molecule has 6 nitrogen and oxygen atoms in total. The van der Waals surface area contributed by atoms with Crippen molar-refractivity contribution in [1.29, 1.82) is 0 Å². The van der Waals surface area contributed by atoms with Crippen LogP contribution in [-0.4, -0.2) is 55.1 Å². The number of methoxy groups -OCH3 is 1. The SMILES string of the molecule is COC1(C(NC(=O)C(F)(F)F)C(=O)O)CCOCC1. The molecule has 1 amide bonds. The number of aliphatic carboxylic acids is 1. The molecule has 1 aliphatic rings. The van der Waals surface area contributed by atoms with Crippen molar-refractivity contribution in [2.45, 2.75) is 30.7 Å². The lowest BCUT2D eigenvalue weighted by Crippen LogP contribution is -2.61. The maximum Gasteiger partial charge on any atom is 0.471 e. The summed E-state index contributed by atoms with van der Waals surface area (Å²) < 4.78 is 46.7. The number of hydrogen-bond acceptors (Lipinski definition) is 4. The number of hydrogen-bond donors (Lipinski definition) is 2. The van der Waals surface area contributed by atoms with Crippen molar-refractivity contribution in [2.24, 2.45) is 0 Å². The minimum atomic E-state index is -5.15. The highest BCUT2D eigenvalue weighted by molar-refractivity contribution is 5.87. The number of carboxylic acids is 1. The summed E-state index contributed by atoms with van der Waals surface area (Å²) in [5.74, 6) is -3.89. The number of carbonyl (C=O) groups is 2. The summed E-state index contributed by atoms with van der Waals surface area (Å²) in [5, 5.41) is 10.5. The predicted molar refractivity (Wildman–Crippen MR) is 55.4 cm³/mol. The zero-order valence-electron chi connectivity index (χ0n) is 10.1. The Morgan fingerprint density at radius 2 is 1.89 bits per heavy atom. The Morgan fingerprint density at radius 1 is 1.37 bits per heavy atom. The minimum Gasteiger partial charge on any atom is -0.480 e. The fourth-order valence-corrected chi connectivity index (χ4v) is 1.96. The van der Waals surface area contributed by atoms with Crippen LogP contribution in [0.25, 0.3) is 0 Å². The predicted octanol–water partition coefficient (Wildman–Crippen LogP) is 0.314. The van der Waals surface area contributed by atoms with Gasteiger partial charge in [-0.15, -0.1) is 0 Å². The number of ether oxygens (including phenoxy) is 2. The third-order valence-corrected chi connectivity index (χ3v) is 3.05. The topological polar surface area (TPSA) is 84.9 Å². The maximum atomic E-state index is 12.2. The molecule has 1 aliphatic heterocycles. The number of amides is 1. The molecule has 0 radical (unpaired) electrons. The van der Waals surface area contributed by atoms with Crippen LogP contribution < -0.4 is 5.32 Å². The molecule has 0 spiro atoms. The highest BCUT2D eigenvalue weighted by Crippen LogP contribution is 2.29. The highest BCUT2D eigenvalue weighted by atomic mass is 19.4. The van der Waals surface area contributed by atoms with Crippen LogP contribution in [0, 0.1) is 0 Å². The van der Waals surface area contributed by atoms with Crippen LogP contribution in [0.3, 0.4) is 0 Å². The molecule has 1 unspecified atom stereocenters. The first-order valence-corrected chi connectivity index (χ1v) is 5.46. The third-order valence-electron chi connectivity index (χ3n) is 3.05.